The standard InChI is InChI=1S/C14H15N7O4S3/c15-14(16)19-13(8-6-26-7-18-8)27-5-4-17-12-11-9(21(22)23)2-1-3-10(11)28(24,25)20-12/h1-3,6-7,13H,4-5H2,(H,17,20)(H4,15,16,19). The van der Waals surface area contributed by atoms with Crippen molar-refractivity contribution in [2.24, 2.45) is 21.5 Å². The quantitative estimate of drug-likeness (QED) is 0.185. The van der Waals surface area contributed by atoms with Gasteiger partial charge in [-0.2, -0.15) is 0 Å². The van der Waals surface area contributed by atoms with Gasteiger partial charge in [0.2, 0.25) is 0 Å². The van der Waals surface area contributed by atoms with Gasteiger partial charge in [0.05, 0.1) is 22.7 Å². The van der Waals surface area contributed by atoms with Crippen LogP contribution in [-0.4, -0.2) is 42.4 Å². The zero-order chi connectivity index (χ0) is 20.3. The second-order valence-corrected chi connectivity index (χ2v) is 8.99. The molecule has 0 bridgehead atoms. The third kappa shape index (κ3) is 4.23. The fourth-order valence-electron chi connectivity index (χ4n) is 2.47. The number of rotatable bonds is 7. The fourth-order valence-corrected chi connectivity index (χ4v) is 5.30. The summed E-state index contributed by atoms with van der Waals surface area (Å²) in [5.74, 6) is 0.306. The lowest BCUT2D eigenvalue weighted by molar-refractivity contribution is -0.385. The van der Waals surface area contributed by atoms with Crippen LogP contribution in [0.15, 0.2) is 44.0 Å². The number of fused-ring (bicyclic) bond motifs is 1. The number of sulfonamides is 1. The molecule has 3 rings (SSSR count). The number of aliphatic imine (C=N–C) groups is 2. The minimum atomic E-state index is -3.87. The molecule has 1 aromatic heterocycles. The molecule has 0 saturated carbocycles. The van der Waals surface area contributed by atoms with Crippen LogP contribution < -0.4 is 16.2 Å². The number of guanidine groups is 1. The minimum Gasteiger partial charge on any atom is -0.370 e. The molecule has 1 aromatic carbocycles. The molecule has 2 heterocycles. The number of thioether (sulfide) groups is 1. The number of nitrogens with zero attached hydrogens (tertiary/aromatic N) is 4. The molecule has 5 N–H and O–H groups in total. The molecule has 148 valence electrons. The maximum absolute atomic E-state index is 12.2. The SMILES string of the molecule is NC(N)=NC(SCCN=C1NS(=O)(=O)c2cccc([N+](=O)[O-])c21)c1cscn1. The number of nitro groups is 1. The summed E-state index contributed by atoms with van der Waals surface area (Å²) in [5.41, 5.74) is 12.9. The first-order chi connectivity index (χ1) is 13.3. The molecule has 11 nitrogen and oxygen atoms in total. The molecule has 1 atom stereocenters. The Kier molecular flexibility index (Phi) is 5.81. The molecule has 1 unspecified atom stereocenters. The largest absolute Gasteiger partial charge is 0.370 e. The number of benzene rings is 1. The molecule has 2 aromatic rings. The van der Waals surface area contributed by atoms with Gasteiger partial charge in [-0.15, -0.1) is 23.1 Å². The summed E-state index contributed by atoms with van der Waals surface area (Å²) in [5, 5.41) is 12.7. The molecular weight excluding hydrogens is 426 g/mol. The van der Waals surface area contributed by atoms with Gasteiger partial charge in [-0.1, -0.05) is 6.07 Å². The predicted octanol–water partition coefficient (Wildman–Crippen LogP) is 0.795. The first-order valence-electron chi connectivity index (χ1n) is 7.73. The molecule has 14 heteroatoms. The zero-order valence-corrected chi connectivity index (χ0v) is 16.6. The number of thiazole rings is 1. The summed E-state index contributed by atoms with van der Waals surface area (Å²) in [6.07, 6.45) is 0. The monoisotopic (exact) mass is 441 g/mol. The summed E-state index contributed by atoms with van der Waals surface area (Å²) >= 11 is 2.77. The second-order valence-electron chi connectivity index (χ2n) is 5.43. The summed E-state index contributed by atoms with van der Waals surface area (Å²) < 4.78 is 26.6. The Morgan fingerprint density at radius 3 is 2.86 bits per heavy atom. The van der Waals surface area contributed by atoms with Crippen LogP contribution >= 0.6 is 23.1 Å². The Bertz CT molecular complexity index is 1050. The van der Waals surface area contributed by atoms with Crippen molar-refractivity contribution >= 4 is 50.6 Å². The van der Waals surface area contributed by atoms with Crippen LogP contribution in [0.5, 0.6) is 0 Å². The Labute approximate surface area is 168 Å². The smallest absolute Gasteiger partial charge is 0.281 e. The van der Waals surface area contributed by atoms with E-state index in [2.05, 4.69) is 19.7 Å². The van der Waals surface area contributed by atoms with E-state index in [-0.39, 0.29) is 34.5 Å². The van der Waals surface area contributed by atoms with E-state index in [9.17, 15) is 18.5 Å². The van der Waals surface area contributed by atoms with Crippen molar-refractivity contribution in [3.05, 3.63) is 50.5 Å². The highest BCUT2D eigenvalue weighted by Gasteiger charge is 2.36. The van der Waals surface area contributed by atoms with E-state index in [1.165, 1.54) is 41.3 Å². The Morgan fingerprint density at radius 2 is 2.21 bits per heavy atom. The molecule has 0 amide bonds. The molecule has 0 radical (unpaired) electrons. The van der Waals surface area contributed by atoms with Crippen molar-refractivity contribution in [3.8, 4) is 0 Å². The van der Waals surface area contributed by atoms with Crippen LogP contribution in [0.25, 0.3) is 0 Å². The average Bonchev–Trinajstić information content (AvgIpc) is 3.24. The average molecular weight is 442 g/mol. The van der Waals surface area contributed by atoms with Crippen molar-refractivity contribution in [2.45, 2.75) is 10.3 Å². The maximum Gasteiger partial charge on any atom is 0.281 e. The van der Waals surface area contributed by atoms with E-state index >= 15 is 0 Å². The minimum absolute atomic E-state index is 0.0298. The number of nitrogens with one attached hydrogen (secondary N) is 1. The summed E-state index contributed by atoms with van der Waals surface area (Å²) in [6, 6.07) is 3.87. The number of amidine groups is 1. The highest BCUT2D eigenvalue weighted by atomic mass is 32.2. The zero-order valence-electron chi connectivity index (χ0n) is 14.2. The number of hydrogen-bond donors (Lipinski definition) is 3. The molecule has 0 spiro atoms. The van der Waals surface area contributed by atoms with Crippen LogP contribution in [0.2, 0.25) is 0 Å². The van der Waals surface area contributed by atoms with Crippen LogP contribution in [0.4, 0.5) is 5.69 Å². The first-order valence-corrected chi connectivity index (χ1v) is 11.2. The van der Waals surface area contributed by atoms with Gasteiger partial charge >= 0.3 is 0 Å². The summed E-state index contributed by atoms with van der Waals surface area (Å²) in [7, 11) is -3.87. The fraction of sp³-hybridized carbons (Fsp3) is 0.214. The van der Waals surface area contributed by atoms with Gasteiger partial charge in [0.15, 0.2) is 11.8 Å². The highest BCUT2D eigenvalue weighted by molar-refractivity contribution is 7.99. The topological polar surface area (TPSA) is 179 Å². The molecule has 0 saturated heterocycles. The van der Waals surface area contributed by atoms with E-state index in [0.29, 0.717) is 11.4 Å². The van der Waals surface area contributed by atoms with Gasteiger partial charge in [-0.25, -0.2) is 18.4 Å². The number of aromatic nitrogens is 1. The number of nitrogens with two attached hydrogens (primary N) is 2. The van der Waals surface area contributed by atoms with Crippen molar-refractivity contribution in [2.75, 3.05) is 12.3 Å². The lowest BCUT2D eigenvalue weighted by atomic mass is 10.1. The van der Waals surface area contributed by atoms with Crippen molar-refractivity contribution in [1.82, 2.24) is 9.71 Å². The number of hydrogen-bond acceptors (Lipinski definition) is 9. The van der Waals surface area contributed by atoms with E-state index in [1.807, 2.05) is 5.38 Å². The van der Waals surface area contributed by atoms with Gasteiger partial charge in [0, 0.05) is 17.2 Å². The Morgan fingerprint density at radius 1 is 1.43 bits per heavy atom. The van der Waals surface area contributed by atoms with Crippen LogP contribution in [0.1, 0.15) is 16.6 Å². The molecule has 0 fully saturated rings. The third-order valence-electron chi connectivity index (χ3n) is 3.57. The molecule has 28 heavy (non-hydrogen) atoms. The summed E-state index contributed by atoms with van der Waals surface area (Å²) in [6.45, 7) is 0.189. The van der Waals surface area contributed by atoms with Crippen LogP contribution in [-0.2, 0) is 10.0 Å². The van der Waals surface area contributed by atoms with Gasteiger partial charge < -0.3 is 11.5 Å². The van der Waals surface area contributed by atoms with Crippen molar-refractivity contribution < 1.29 is 13.3 Å². The molecule has 0 aliphatic carbocycles. The molecule has 1 aliphatic heterocycles. The Hall–Kier alpha value is -2.71. The van der Waals surface area contributed by atoms with Gasteiger partial charge in [-0.3, -0.25) is 19.8 Å². The maximum atomic E-state index is 12.2. The van der Waals surface area contributed by atoms with E-state index < -0.39 is 20.3 Å². The first kappa shape index (κ1) is 20.0. The van der Waals surface area contributed by atoms with Crippen molar-refractivity contribution in [3.63, 3.8) is 0 Å². The van der Waals surface area contributed by atoms with Crippen molar-refractivity contribution in [1.29, 1.82) is 0 Å². The van der Waals surface area contributed by atoms with Gasteiger partial charge in [-0.05, 0) is 6.07 Å². The lowest BCUT2D eigenvalue weighted by Crippen LogP contribution is -2.23. The van der Waals surface area contributed by atoms with E-state index in [0.717, 1.165) is 0 Å². The second kappa shape index (κ2) is 8.12. The Balaban J connectivity index is 1.78. The van der Waals surface area contributed by atoms with Gasteiger partial charge in [0.1, 0.15) is 15.8 Å². The predicted molar refractivity (Wildman–Crippen MR) is 108 cm³/mol. The third-order valence-corrected chi connectivity index (χ3v) is 6.63. The van der Waals surface area contributed by atoms with Gasteiger partial charge in [0.25, 0.3) is 15.7 Å². The van der Waals surface area contributed by atoms with E-state index in [4.69, 9.17) is 11.5 Å². The highest BCUT2D eigenvalue weighted by Crippen LogP contribution is 2.32. The van der Waals surface area contributed by atoms with E-state index in [1.54, 1.807) is 5.51 Å². The lowest BCUT2D eigenvalue weighted by Gasteiger charge is -2.09. The normalized spacial score (nSPS) is 16.9. The summed E-state index contributed by atoms with van der Waals surface area (Å²) in [4.78, 5) is 23.0. The molecular formula is C14H15N7O4S3. The molecule has 1 aliphatic rings. The number of nitro benzene ring substituents is 1. The van der Waals surface area contributed by atoms with Crippen LogP contribution in [0.3, 0.4) is 0 Å². The van der Waals surface area contributed by atoms with Crippen LogP contribution in [0, 0.1) is 10.1 Å².